The molecule has 0 aromatic rings. The Kier molecular flexibility index (Phi) is 3.92. The highest BCUT2D eigenvalue weighted by Crippen LogP contribution is 2.33. The Labute approximate surface area is 101 Å². The van der Waals surface area contributed by atoms with Gasteiger partial charge in [0, 0.05) is 23.7 Å². The monoisotopic (exact) mass is 237 g/mol. The SMILES string of the molecule is O=C1CCC[C@@H]([C@H](C2=CCCCC2)[N+](=O)[O-])C1. The predicted molar refractivity (Wildman–Crippen MR) is 64.3 cm³/mol. The van der Waals surface area contributed by atoms with Crippen LogP contribution >= 0.6 is 0 Å². The average molecular weight is 237 g/mol. The van der Waals surface area contributed by atoms with Crippen molar-refractivity contribution >= 4 is 5.78 Å². The van der Waals surface area contributed by atoms with Gasteiger partial charge in [-0.05, 0) is 44.1 Å². The van der Waals surface area contributed by atoms with Gasteiger partial charge in [-0.3, -0.25) is 14.9 Å². The lowest BCUT2D eigenvalue weighted by molar-refractivity contribution is -0.522. The maximum absolute atomic E-state index is 11.4. The molecule has 0 heterocycles. The Balaban J connectivity index is 2.13. The number of ketones is 1. The molecule has 0 aromatic carbocycles. The van der Waals surface area contributed by atoms with Gasteiger partial charge in [0.25, 0.3) is 0 Å². The summed E-state index contributed by atoms with van der Waals surface area (Å²) in [5.74, 6) is 0.139. The summed E-state index contributed by atoms with van der Waals surface area (Å²) in [7, 11) is 0. The molecule has 17 heavy (non-hydrogen) atoms. The van der Waals surface area contributed by atoms with E-state index in [1.54, 1.807) is 0 Å². The molecule has 94 valence electrons. The minimum absolute atomic E-state index is 0.0596. The van der Waals surface area contributed by atoms with E-state index in [1.165, 1.54) is 0 Å². The molecule has 0 bridgehead atoms. The lowest BCUT2D eigenvalue weighted by Gasteiger charge is -2.26. The molecule has 0 radical (unpaired) electrons. The molecule has 0 N–H and O–H groups in total. The zero-order chi connectivity index (χ0) is 12.3. The Hall–Kier alpha value is -1.19. The quantitative estimate of drug-likeness (QED) is 0.431. The van der Waals surface area contributed by atoms with Crippen LogP contribution in [0.1, 0.15) is 51.4 Å². The summed E-state index contributed by atoms with van der Waals surface area (Å²) in [4.78, 5) is 22.5. The molecule has 0 spiro atoms. The molecule has 0 aromatic heterocycles. The van der Waals surface area contributed by atoms with Crippen LogP contribution in [0, 0.1) is 16.0 Å². The van der Waals surface area contributed by atoms with E-state index in [1.807, 2.05) is 6.08 Å². The Bertz CT molecular complexity index is 349. The molecule has 4 heteroatoms. The van der Waals surface area contributed by atoms with E-state index in [0.29, 0.717) is 12.8 Å². The number of hydrogen-bond acceptors (Lipinski definition) is 3. The van der Waals surface area contributed by atoms with Crippen molar-refractivity contribution in [2.45, 2.75) is 57.4 Å². The normalized spacial score (nSPS) is 27.4. The van der Waals surface area contributed by atoms with Crippen LogP contribution in [0.25, 0.3) is 0 Å². The van der Waals surface area contributed by atoms with Crippen LogP contribution in [0.5, 0.6) is 0 Å². The molecule has 0 amide bonds. The number of Topliss-reactive ketones (excluding diaryl/α,β-unsaturated/α-hetero) is 1. The third kappa shape index (κ3) is 2.93. The Morgan fingerprint density at radius 3 is 2.71 bits per heavy atom. The summed E-state index contributed by atoms with van der Waals surface area (Å²) in [5.41, 5.74) is 0.973. The van der Waals surface area contributed by atoms with E-state index in [-0.39, 0.29) is 16.6 Å². The molecular weight excluding hydrogens is 218 g/mol. The number of carbonyl (C=O) groups excluding carboxylic acids is 1. The molecule has 2 aliphatic carbocycles. The van der Waals surface area contributed by atoms with E-state index < -0.39 is 6.04 Å². The summed E-state index contributed by atoms with van der Waals surface area (Å²) in [6.07, 6.45) is 8.69. The van der Waals surface area contributed by atoms with E-state index in [0.717, 1.165) is 44.1 Å². The van der Waals surface area contributed by atoms with E-state index >= 15 is 0 Å². The number of nitrogens with zero attached hydrogens (tertiary/aromatic N) is 1. The first-order valence-corrected chi connectivity index (χ1v) is 6.52. The van der Waals surface area contributed by atoms with Crippen LogP contribution in [0.15, 0.2) is 11.6 Å². The van der Waals surface area contributed by atoms with Gasteiger partial charge in [0.1, 0.15) is 5.78 Å². The fourth-order valence-corrected chi connectivity index (χ4v) is 3.07. The van der Waals surface area contributed by atoms with Crippen LogP contribution in [-0.4, -0.2) is 16.7 Å². The van der Waals surface area contributed by atoms with Crippen LogP contribution < -0.4 is 0 Å². The average Bonchev–Trinajstić information content (AvgIpc) is 2.30. The topological polar surface area (TPSA) is 60.2 Å². The number of carbonyl (C=O) groups is 1. The van der Waals surface area contributed by atoms with Crippen LogP contribution in [-0.2, 0) is 4.79 Å². The van der Waals surface area contributed by atoms with Gasteiger partial charge >= 0.3 is 0 Å². The van der Waals surface area contributed by atoms with Gasteiger partial charge in [-0.1, -0.05) is 6.08 Å². The molecule has 1 saturated carbocycles. The van der Waals surface area contributed by atoms with E-state index in [9.17, 15) is 14.9 Å². The minimum atomic E-state index is -0.598. The first-order valence-electron chi connectivity index (χ1n) is 6.52. The highest BCUT2D eigenvalue weighted by Gasteiger charge is 2.37. The lowest BCUT2D eigenvalue weighted by Crippen LogP contribution is -2.35. The number of rotatable bonds is 3. The van der Waals surface area contributed by atoms with Gasteiger partial charge in [0.2, 0.25) is 6.04 Å². The van der Waals surface area contributed by atoms with Gasteiger partial charge in [-0.25, -0.2) is 0 Å². The lowest BCUT2D eigenvalue weighted by atomic mass is 9.78. The van der Waals surface area contributed by atoms with E-state index in [2.05, 4.69) is 0 Å². The largest absolute Gasteiger partial charge is 0.300 e. The van der Waals surface area contributed by atoms with Crippen molar-refractivity contribution in [3.63, 3.8) is 0 Å². The summed E-state index contributed by atoms with van der Waals surface area (Å²) >= 11 is 0. The van der Waals surface area contributed by atoms with Crippen molar-refractivity contribution in [1.29, 1.82) is 0 Å². The van der Waals surface area contributed by atoms with Crippen molar-refractivity contribution in [1.82, 2.24) is 0 Å². The zero-order valence-corrected chi connectivity index (χ0v) is 10.1. The first-order chi connectivity index (χ1) is 8.18. The molecule has 1 fully saturated rings. The van der Waals surface area contributed by atoms with E-state index in [4.69, 9.17) is 0 Å². The van der Waals surface area contributed by atoms with Crippen molar-refractivity contribution in [2.75, 3.05) is 0 Å². The second-order valence-corrected chi connectivity index (χ2v) is 5.15. The molecule has 2 aliphatic rings. The predicted octanol–water partition coefficient (Wildman–Crippen LogP) is 2.89. The second-order valence-electron chi connectivity index (χ2n) is 5.15. The molecule has 2 atom stereocenters. The van der Waals surface area contributed by atoms with Crippen molar-refractivity contribution in [3.8, 4) is 0 Å². The molecule has 0 saturated heterocycles. The first kappa shape index (κ1) is 12.3. The maximum atomic E-state index is 11.4. The molecule has 0 aliphatic heterocycles. The molecular formula is C13H19NO3. The summed E-state index contributed by atoms with van der Waals surface area (Å²) in [6.45, 7) is 0. The zero-order valence-electron chi connectivity index (χ0n) is 10.1. The fraction of sp³-hybridized carbons (Fsp3) is 0.769. The summed E-state index contributed by atoms with van der Waals surface area (Å²) in [5, 5.41) is 11.3. The van der Waals surface area contributed by atoms with Gasteiger partial charge in [-0.2, -0.15) is 0 Å². The standard InChI is InChI=1S/C13H19NO3/c15-12-8-4-7-11(9-12)13(14(16)17)10-5-2-1-3-6-10/h5,11,13H,1-4,6-9H2/t11-,13+/m1/s1. The van der Waals surface area contributed by atoms with Crippen molar-refractivity contribution in [2.24, 2.45) is 5.92 Å². The van der Waals surface area contributed by atoms with Crippen molar-refractivity contribution < 1.29 is 9.72 Å². The number of allylic oxidation sites excluding steroid dienone is 1. The van der Waals surface area contributed by atoms with Gasteiger partial charge < -0.3 is 0 Å². The van der Waals surface area contributed by atoms with Crippen molar-refractivity contribution in [3.05, 3.63) is 21.8 Å². The second kappa shape index (κ2) is 5.43. The minimum Gasteiger partial charge on any atom is -0.300 e. The maximum Gasteiger partial charge on any atom is 0.237 e. The molecule has 0 unspecified atom stereocenters. The molecule has 4 nitrogen and oxygen atoms in total. The fourth-order valence-electron chi connectivity index (χ4n) is 3.07. The Morgan fingerprint density at radius 2 is 2.12 bits per heavy atom. The molecule has 2 rings (SSSR count). The summed E-state index contributed by atoms with van der Waals surface area (Å²) in [6, 6.07) is -0.598. The van der Waals surface area contributed by atoms with Gasteiger partial charge in [-0.15, -0.1) is 0 Å². The van der Waals surface area contributed by atoms with Crippen LogP contribution in [0.4, 0.5) is 0 Å². The smallest absolute Gasteiger partial charge is 0.237 e. The number of hydrogen-bond donors (Lipinski definition) is 0. The summed E-state index contributed by atoms with van der Waals surface area (Å²) < 4.78 is 0. The third-order valence-corrected chi connectivity index (χ3v) is 3.90. The van der Waals surface area contributed by atoms with Gasteiger partial charge in [0.15, 0.2) is 0 Å². The van der Waals surface area contributed by atoms with Gasteiger partial charge in [0.05, 0.1) is 0 Å². The number of nitro groups is 1. The van der Waals surface area contributed by atoms with Crippen LogP contribution in [0.3, 0.4) is 0 Å². The third-order valence-electron chi connectivity index (χ3n) is 3.90. The highest BCUT2D eigenvalue weighted by atomic mass is 16.6. The highest BCUT2D eigenvalue weighted by molar-refractivity contribution is 5.79. The Morgan fingerprint density at radius 1 is 1.29 bits per heavy atom. The van der Waals surface area contributed by atoms with Crippen LogP contribution in [0.2, 0.25) is 0 Å².